The molecular formula is C22H29N5O3. The highest BCUT2D eigenvalue weighted by atomic mass is 16.5. The number of anilines is 2. The Morgan fingerprint density at radius 3 is 2.43 bits per heavy atom. The van der Waals surface area contributed by atoms with Crippen molar-refractivity contribution in [3.8, 4) is 11.5 Å². The Bertz CT molecular complexity index is 877. The number of carbonyl (C=O) groups is 1. The zero-order valence-electron chi connectivity index (χ0n) is 17.7. The van der Waals surface area contributed by atoms with Crippen molar-refractivity contribution in [3.05, 3.63) is 36.0 Å². The number of methoxy groups -OCH3 is 1. The van der Waals surface area contributed by atoms with Crippen LogP contribution in [-0.4, -0.2) is 73.8 Å². The molecule has 1 aromatic heterocycles. The molecule has 1 amide bonds. The lowest BCUT2D eigenvalue weighted by Gasteiger charge is -2.35. The van der Waals surface area contributed by atoms with Gasteiger partial charge in [-0.1, -0.05) is 6.07 Å². The molecule has 0 aliphatic carbocycles. The molecule has 2 saturated heterocycles. The summed E-state index contributed by atoms with van der Waals surface area (Å²) in [4.78, 5) is 28.3. The number of amides is 1. The van der Waals surface area contributed by atoms with E-state index in [0.29, 0.717) is 37.7 Å². The van der Waals surface area contributed by atoms with E-state index in [1.165, 1.54) is 12.8 Å². The minimum absolute atomic E-state index is 0.0135. The van der Waals surface area contributed by atoms with Crippen LogP contribution in [0.2, 0.25) is 0 Å². The minimum Gasteiger partial charge on any atom is -0.497 e. The fourth-order valence-corrected chi connectivity index (χ4v) is 3.87. The quantitative estimate of drug-likeness (QED) is 0.721. The molecule has 0 saturated carbocycles. The molecular weight excluding hydrogens is 382 g/mol. The molecule has 2 aliphatic rings. The molecule has 2 aromatic rings. The largest absolute Gasteiger partial charge is 0.497 e. The molecule has 0 unspecified atom stereocenters. The van der Waals surface area contributed by atoms with Gasteiger partial charge in [-0.3, -0.25) is 4.79 Å². The number of hydrogen-bond donors (Lipinski definition) is 0. The van der Waals surface area contributed by atoms with Gasteiger partial charge in [-0.05, 0) is 31.9 Å². The van der Waals surface area contributed by atoms with E-state index >= 15 is 0 Å². The molecule has 8 heteroatoms. The Hall–Kier alpha value is -3.03. The second-order valence-corrected chi connectivity index (χ2v) is 7.70. The molecule has 2 fully saturated rings. The van der Waals surface area contributed by atoms with E-state index in [4.69, 9.17) is 14.5 Å². The Kier molecular flexibility index (Phi) is 6.21. The van der Waals surface area contributed by atoms with Crippen LogP contribution in [0.4, 0.5) is 11.8 Å². The van der Waals surface area contributed by atoms with Gasteiger partial charge in [0.1, 0.15) is 17.3 Å². The van der Waals surface area contributed by atoms with Crippen LogP contribution in [-0.2, 0) is 4.79 Å². The maximum absolute atomic E-state index is 12.6. The Balaban J connectivity index is 1.31. The van der Waals surface area contributed by atoms with Crippen molar-refractivity contribution in [1.29, 1.82) is 0 Å². The van der Waals surface area contributed by atoms with Gasteiger partial charge >= 0.3 is 0 Å². The highest BCUT2D eigenvalue weighted by molar-refractivity contribution is 5.78. The third-order valence-electron chi connectivity index (χ3n) is 5.58. The molecule has 0 spiro atoms. The number of aryl methyl sites for hydroxylation is 1. The summed E-state index contributed by atoms with van der Waals surface area (Å²) >= 11 is 0. The number of rotatable bonds is 6. The van der Waals surface area contributed by atoms with Gasteiger partial charge in [0.15, 0.2) is 6.61 Å². The van der Waals surface area contributed by atoms with Crippen molar-refractivity contribution in [2.75, 3.05) is 62.8 Å². The van der Waals surface area contributed by atoms with E-state index in [1.54, 1.807) is 13.2 Å². The predicted octanol–water partition coefficient (Wildman–Crippen LogP) is 2.12. The number of piperazine rings is 1. The van der Waals surface area contributed by atoms with Crippen LogP contribution in [0, 0.1) is 6.92 Å². The van der Waals surface area contributed by atoms with Gasteiger partial charge < -0.3 is 24.2 Å². The van der Waals surface area contributed by atoms with E-state index in [9.17, 15) is 4.79 Å². The average Bonchev–Trinajstić information content (AvgIpc) is 3.32. The third kappa shape index (κ3) is 4.75. The second-order valence-electron chi connectivity index (χ2n) is 7.70. The molecule has 8 nitrogen and oxygen atoms in total. The molecule has 0 N–H and O–H groups in total. The van der Waals surface area contributed by atoms with E-state index in [1.807, 2.05) is 30.0 Å². The SMILES string of the molecule is COc1cccc(OCC(=O)N2CCN(c3nc(C)cc(N4CCCC4)n3)CC2)c1. The first-order valence-corrected chi connectivity index (χ1v) is 10.5. The topological polar surface area (TPSA) is 71.0 Å². The fourth-order valence-electron chi connectivity index (χ4n) is 3.87. The molecule has 0 radical (unpaired) electrons. The first-order chi connectivity index (χ1) is 14.6. The van der Waals surface area contributed by atoms with Crippen molar-refractivity contribution in [2.24, 2.45) is 0 Å². The molecule has 2 aliphatic heterocycles. The number of aromatic nitrogens is 2. The smallest absolute Gasteiger partial charge is 0.260 e. The van der Waals surface area contributed by atoms with Gasteiger partial charge in [0.05, 0.1) is 7.11 Å². The van der Waals surface area contributed by atoms with E-state index in [2.05, 4.69) is 20.9 Å². The summed E-state index contributed by atoms with van der Waals surface area (Å²) < 4.78 is 10.8. The molecule has 3 heterocycles. The number of carbonyl (C=O) groups excluding carboxylic acids is 1. The van der Waals surface area contributed by atoms with E-state index < -0.39 is 0 Å². The minimum atomic E-state index is -0.0135. The van der Waals surface area contributed by atoms with Crippen molar-refractivity contribution >= 4 is 17.7 Å². The highest BCUT2D eigenvalue weighted by Gasteiger charge is 2.24. The summed E-state index contributed by atoms with van der Waals surface area (Å²) in [5.41, 5.74) is 0.979. The first-order valence-electron chi connectivity index (χ1n) is 10.5. The number of benzene rings is 1. The van der Waals surface area contributed by atoms with Crippen LogP contribution in [0.1, 0.15) is 18.5 Å². The second kappa shape index (κ2) is 9.19. The number of hydrogen-bond acceptors (Lipinski definition) is 7. The van der Waals surface area contributed by atoms with Crippen molar-refractivity contribution in [2.45, 2.75) is 19.8 Å². The standard InChI is InChI=1S/C22H29N5O3/c1-17-14-20(25-8-3-4-9-25)24-22(23-17)27-12-10-26(11-13-27)21(28)16-30-19-7-5-6-18(15-19)29-2/h5-7,14-15H,3-4,8-13,16H2,1-2H3. The van der Waals surface area contributed by atoms with Crippen molar-refractivity contribution < 1.29 is 14.3 Å². The average molecular weight is 412 g/mol. The predicted molar refractivity (Wildman–Crippen MR) is 115 cm³/mol. The van der Waals surface area contributed by atoms with Crippen molar-refractivity contribution in [1.82, 2.24) is 14.9 Å². The van der Waals surface area contributed by atoms with E-state index in [0.717, 1.165) is 30.5 Å². The molecule has 0 bridgehead atoms. The van der Waals surface area contributed by atoms with Crippen LogP contribution < -0.4 is 19.3 Å². The van der Waals surface area contributed by atoms with Gasteiger partial charge in [-0.15, -0.1) is 0 Å². The Morgan fingerprint density at radius 2 is 1.70 bits per heavy atom. The maximum atomic E-state index is 12.6. The molecule has 30 heavy (non-hydrogen) atoms. The lowest BCUT2D eigenvalue weighted by molar-refractivity contribution is -0.133. The van der Waals surface area contributed by atoms with Crippen LogP contribution in [0.5, 0.6) is 11.5 Å². The van der Waals surface area contributed by atoms with Gasteiger partial charge in [-0.2, -0.15) is 4.98 Å². The highest BCUT2D eigenvalue weighted by Crippen LogP contribution is 2.22. The summed E-state index contributed by atoms with van der Waals surface area (Å²) in [5, 5.41) is 0. The lowest BCUT2D eigenvalue weighted by Crippen LogP contribution is -2.50. The number of ether oxygens (including phenoxy) is 2. The number of nitrogens with zero attached hydrogens (tertiary/aromatic N) is 5. The van der Waals surface area contributed by atoms with Crippen LogP contribution in [0.25, 0.3) is 0 Å². The Morgan fingerprint density at radius 1 is 0.967 bits per heavy atom. The molecule has 160 valence electrons. The molecule has 0 atom stereocenters. The summed E-state index contributed by atoms with van der Waals surface area (Å²) in [6.07, 6.45) is 2.44. The summed E-state index contributed by atoms with van der Waals surface area (Å²) in [7, 11) is 1.61. The van der Waals surface area contributed by atoms with Crippen LogP contribution >= 0.6 is 0 Å². The van der Waals surface area contributed by atoms with Gasteiger partial charge in [0, 0.05) is 57.1 Å². The third-order valence-corrected chi connectivity index (χ3v) is 5.58. The lowest BCUT2D eigenvalue weighted by atomic mass is 10.3. The van der Waals surface area contributed by atoms with Gasteiger partial charge in [0.25, 0.3) is 5.91 Å². The monoisotopic (exact) mass is 411 g/mol. The summed E-state index contributed by atoms with van der Waals surface area (Å²) in [6.45, 7) is 6.86. The zero-order valence-corrected chi connectivity index (χ0v) is 17.7. The van der Waals surface area contributed by atoms with Crippen LogP contribution in [0.15, 0.2) is 30.3 Å². The van der Waals surface area contributed by atoms with Crippen molar-refractivity contribution in [3.63, 3.8) is 0 Å². The first kappa shape index (κ1) is 20.3. The van der Waals surface area contributed by atoms with Gasteiger partial charge in [-0.25, -0.2) is 4.98 Å². The molecule has 1 aromatic carbocycles. The van der Waals surface area contributed by atoms with Crippen LogP contribution in [0.3, 0.4) is 0 Å². The zero-order chi connectivity index (χ0) is 20.9. The molecule has 4 rings (SSSR count). The maximum Gasteiger partial charge on any atom is 0.260 e. The Labute approximate surface area is 177 Å². The summed E-state index contributed by atoms with van der Waals surface area (Å²) in [6, 6.07) is 9.34. The summed E-state index contributed by atoms with van der Waals surface area (Å²) in [5.74, 6) is 3.10. The van der Waals surface area contributed by atoms with E-state index in [-0.39, 0.29) is 12.5 Å². The fraction of sp³-hybridized carbons (Fsp3) is 0.500. The van der Waals surface area contributed by atoms with Gasteiger partial charge in [0.2, 0.25) is 5.95 Å². The normalized spacial score (nSPS) is 16.7.